The van der Waals surface area contributed by atoms with Gasteiger partial charge in [0.25, 0.3) is 0 Å². The molecule has 1 aromatic rings. The molecular formula is C11H15N3O4. The van der Waals surface area contributed by atoms with Gasteiger partial charge in [-0.2, -0.15) is 5.10 Å². The molecule has 7 nitrogen and oxygen atoms in total. The fraction of sp³-hybridized carbons (Fsp3) is 0.364. The highest BCUT2D eigenvalue weighted by Crippen LogP contribution is 1.99. The summed E-state index contributed by atoms with van der Waals surface area (Å²) >= 11 is 0. The molecule has 0 spiro atoms. The van der Waals surface area contributed by atoms with Crippen molar-refractivity contribution in [3.63, 3.8) is 0 Å². The van der Waals surface area contributed by atoms with Gasteiger partial charge < -0.3 is 15.5 Å². The van der Waals surface area contributed by atoms with Crippen LogP contribution in [0.4, 0.5) is 0 Å². The fourth-order valence-corrected chi connectivity index (χ4v) is 1.29. The highest BCUT2D eigenvalue weighted by molar-refractivity contribution is 5.94. The van der Waals surface area contributed by atoms with E-state index in [9.17, 15) is 14.7 Å². The maximum Gasteiger partial charge on any atom is 0.328 e. The lowest BCUT2D eigenvalue weighted by Gasteiger charge is -2.15. The Morgan fingerprint density at radius 2 is 2.22 bits per heavy atom. The summed E-state index contributed by atoms with van der Waals surface area (Å²) < 4.78 is 1.58. The first kappa shape index (κ1) is 13.9. The molecule has 0 aliphatic carbocycles. The number of aryl methyl sites for hydroxylation is 1. The van der Waals surface area contributed by atoms with E-state index in [2.05, 4.69) is 10.4 Å². The van der Waals surface area contributed by atoms with E-state index in [-0.39, 0.29) is 0 Å². The molecule has 0 fully saturated rings. The van der Waals surface area contributed by atoms with Gasteiger partial charge >= 0.3 is 5.97 Å². The summed E-state index contributed by atoms with van der Waals surface area (Å²) in [5.41, 5.74) is 0.719. The van der Waals surface area contributed by atoms with Crippen molar-refractivity contribution in [1.82, 2.24) is 15.1 Å². The Kier molecular flexibility index (Phi) is 4.61. The van der Waals surface area contributed by atoms with Crippen molar-refractivity contribution in [3.8, 4) is 0 Å². The Labute approximate surface area is 104 Å². The summed E-state index contributed by atoms with van der Waals surface area (Å²) in [6.07, 6.45) is 4.79. The van der Waals surface area contributed by atoms with E-state index in [0.29, 0.717) is 0 Å². The van der Waals surface area contributed by atoms with Crippen molar-refractivity contribution in [3.05, 3.63) is 24.0 Å². The van der Waals surface area contributed by atoms with Gasteiger partial charge in [-0.1, -0.05) is 0 Å². The second-order valence-electron chi connectivity index (χ2n) is 3.85. The first-order chi connectivity index (χ1) is 8.40. The summed E-state index contributed by atoms with van der Waals surface area (Å²) in [5.74, 6) is -1.87. The topological polar surface area (TPSA) is 104 Å². The van der Waals surface area contributed by atoms with E-state index in [0.717, 1.165) is 5.56 Å². The SMILES string of the molecule is C[C@@H](O)[C@H](NC(=O)/C=C/c1cnn(C)c1)C(=O)O. The Morgan fingerprint density at radius 1 is 1.56 bits per heavy atom. The molecule has 1 amide bonds. The third-order valence-electron chi connectivity index (χ3n) is 2.20. The Bertz CT molecular complexity index is 465. The van der Waals surface area contributed by atoms with Gasteiger partial charge in [0.05, 0.1) is 12.3 Å². The van der Waals surface area contributed by atoms with Crippen molar-refractivity contribution in [2.24, 2.45) is 7.05 Å². The number of aromatic nitrogens is 2. The van der Waals surface area contributed by atoms with Gasteiger partial charge in [0, 0.05) is 24.9 Å². The number of aliphatic hydroxyl groups excluding tert-OH is 1. The van der Waals surface area contributed by atoms with Gasteiger partial charge in [0.2, 0.25) is 5.91 Å². The number of hydrogen-bond donors (Lipinski definition) is 3. The number of carboxylic acids is 1. The van der Waals surface area contributed by atoms with Crippen LogP contribution < -0.4 is 5.32 Å². The molecule has 18 heavy (non-hydrogen) atoms. The minimum absolute atomic E-state index is 0.591. The van der Waals surface area contributed by atoms with Crippen LogP contribution in [0.3, 0.4) is 0 Å². The lowest BCUT2D eigenvalue weighted by Crippen LogP contribution is -2.47. The summed E-state index contributed by atoms with van der Waals surface area (Å²) in [6.45, 7) is 1.30. The molecule has 0 radical (unpaired) electrons. The lowest BCUT2D eigenvalue weighted by molar-refractivity contribution is -0.144. The lowest BCUT2D eigenvalue weighted by atomic mass is 10.2. The molecule has 2 atom stereocenters. The third kappa shape index (κ3) is 4.02. The third-order valence-corrected chi connectivity index (χ3v) is 2.20. The van der Waals surface area contributed by atoms with Crippen LogP contribution in [-0.4, -0.2) is 44.0 Å². The molecule has 1 rings (SSSR count). The van der Waals surface area contributed by atoms with Gasteiger partial charge in [0.15, 0.2) is 6.04 Å². The Hall–Kier alpha value is -2.15. The van der Waals surface area contributed by atoms with Crippen LogP contribution in [0.2, 0.25) is 0 Å². The van der Waals surface area contributed by atoms with Crippen molar-refractivity contribution >= 4 is 18.0 Å². The summed E-state index contributed by atoms with van der Waals surface area (Å²) in [6, 6.07) is -1.32. The smallest absolute Gasteiger partial charge is 0.328 e. The summed E-state index contributed by atoms with van der Waals surface area (Å²) in [4.78, 5) is 22.2. The van der Waals surface area contributed by atoms with Crippen LogP contribution in [-0.2, 0) is 16.6 Å². The average Bonchev–Trinajstić information content (AvgIpc) is 2.68. The quantitative estimate of drug-likeness (QED) is 0.607. The normalized spacial score (nSPS) is 14.4. The van der Waals surface area contributed by atoms with E-state index < -0.39 is 24.0 Å². The number of rotatable bonds is 5. The Morgan fingerprint density at radius 3 is 2.67 bits per heavy atom. The predicted molar refractivity (Wildman–Crippen MR) is 63.5 cm³/mol. The van der Waals surface area contributed by atoms with Crippen LogP contribution in [0.1, 0.15) is 12.5 Å². The van der Waals surface area contributed by atoms with Crippen molar-refractivity contribution < 1.29 is 19.8 Å². The van der Waals surface area contributed by atoms with Crippen LogP contribution in [0.5, 0.6) is 0 Å². The molecule has 0 saturated carbocycles. The minimum Gasteiger partial charge on any atom is -0.480 e. The molecular weight excluding hydrogens is 238 g/mol. The number of carboxylic acid groups (broad SMARTS) is 1. The molecule has 0 saturated heterocycles. The number of nitrogens with zero attached hydrogens (tertiary/aromatic N) is 2. The fourth-order valence-electron chi connectivity index (χ4n) is 1.29. The molecule has 0 aliphatic heterocycles. The molecule has 0 aromatic carbocycles. The van der Waals surface area contributed by atoms with E-state index in [1.165, 1.54) is 19.1 Å². The van der Waals surface area contributed by atoms with Crippen LogP contribution in [0, 0.1) is 0 Å². The number of amides is 1. The number of hydrogen-bond acceptors (Lipinski definition) is 4. The molecule has 98 valence electrons. The number of aliphatic carboxylic acids is 1. The van der Waals surface area contributed by atoms with Gasteiger partial charge in [-0.15, -0.1) is 0 Å². The molecule has 3 N–H and O–H groups in total. The number of carbonyl (C=O) groups is 2. The second kappa shape index (κ2) is 5.97. The van der Waals surface area contributed by atoms with E-state index in [1.807, 2.05) is 0 Å². The number of aliphatic hydroxyl groups is 1. The zero-order valence-electron chi connectivity index (χ0n) is 10.1. The Balaban J connectivity index is 2.60. The maximum absolute atomic E-state index is 11.4. The molecule has 0 unspecified atom stereocenters. The van der Waals surface area contributed by atoms with Gasteiger partial charge in [0.1, 0.15) is 0 Å². The van der Waals surface area contributed by atoms with E-state index in [1.54, 1.807) is 24.1 Å². The average molecular weight is 253 g/mol. The number of carbonyl (C=O) groups excluding carboxylic acids is 1. The van der Waals surface area contributed by atoms with Crippen LogP contribution in [0.15, 0.2) is 18.5 Å². The summed E-state index contributed by atoms with van der Waals surface area (Å²) in [5, 5.41) is 24.1. The van der Waals surface area contributed by atoms with E-state index >= 15 is 0 Å². The zero-order chi connectivity index (χ0) is 13.7. The minimum atomic E-state index is -1.32. The molecule has 1 aromatic heterocycles. The van der Waals surface area contributed by atoms with Crippen molar-refractivity contribution in [1.29, 1.82) is 0 Å². The van der Waals surface area contributed by atoms with Crippen LogP contribution >= 0.6 is 0 Å². The molecule has 0 bridgehead atoms. The standard InChI is InChI=1S/C11H15N3O4/c1-7(15)10(11(17)18)13-9(16)4-3-8-5-12-14(2)6-8/h3-7,10,15H,1-2H3,(H,13,16)(H,17,18)/b4-3+/t7-,10+/m1/s1. The summed E-state index contributed by atoms with van der Waals surface area (Å²) in [7, 11) is 1.74. The van der Waals surface area contributed by atoms with Gasteiger partial charge in [-0.05, 0) is 13.0 Å². The monoisotopic (exact) mass is 253 g/mol. The van der Waals surface area contributed by atoms with Gasteiger partial charge in [-0.25, -0.2) is 4.79 Å². The largest absolute Gasteiger partial charge is 0.480 e. The first-order valence-corrected chi connectivity index (χ1v) is 5.28. The zero-order valence-corrected chi connectivity index (χ0v) is 10.1. The van der Waals surface area contributed by atoms with E-state index in [4.69, 9.17) is 5.11 Å². The van der Waals surface area contributed by atoms with Crippen molar-refractivity contribution in [2.45, 2.75) is 19.1 Å². The second-order valence-corrected chi connectivity index (χ2v) is 3.85. The molecule has 7 heteroatoms. The van der Waals surface area contributed by atoms with Crippen molar-refractivity contribution in [2.75, 3.05) is 0 Å². The highest BCUT2D eigenvalue weighted by Gasteiger charge is 2.23. The molecule has 0 aliphatic rings. The predicted octanol–water partition coefficient (Wildman–Crippen LogP) is -0.617. The first-order valence-electron chi connectivity index (χ1n) is 5.28. The highest BCUT2D eigenvalue weighted by atomic mass is 16.4. The maximum atomic E-state index is 11.4. The van der Waals surface area contributed by atoms with Crippen LogP contribution in [0.25, 0.3) is 6.08 Å². The molecule has 1 heterocycles. The number of nitrogens with one attached hydrogen (secondary N) is 1. The van der Waals surface area contributed by atoms with Gasteiger partial charge in [-0.3, -0.25) is 9.48 Å².